The van der Waals surface area contributed by atoms with Gasteiger partial charge in [-0.1, -0.05) is 25.0 Å². The summed E-state index contributed by atoms with van der Waals surface area (Å²) in [5.74, 6) is -0.283. The topological polar surface area (TPSA) is 58.2 Å². The van der Waals surface area contributed by atoms with Gasteiger partial charge in [-0.25, -0.2) is 0 Å². The van der Waals surface area contributed by atoms with E-state index >= 15 is 0 Å². The second-order valence-corrected chi connectivity index (χ2v) is 6.80. The molecule has 1 heterocycles. The molecule has 0 aliphatic heterocycles. The molecule has 1 aromatic carbocycles. The first-order valence-corrected chi connectivity index (χ1v) is 8.78. The van der Waals surface area contributed by atoms with Gasteiger partial charge in [0.2, 0.25) is 0 Å². The first kappa shape index (κ1) is 15.7. The molecule has 5 heteroatoms. The third-order valence-electron chi connectivity index (χ3n) is 4.18. The minimum atomic E-state index is -0.168. The smallest absolute Gasteiger partial charge is 0.266 e. The summed E-state index contributed by atoms with van der Waals surface area (Å²) in [6.07, 6.45) is 4.41. The summed E-state index contributed by atoms with van der Waals surface area (Å²) in [5.41, 5.74) is 2.02. The van der Waals surface area contributed by atoms with Gasteiger partial charge in [-0.15, -0.1) is 11.3 Å². The van der Waals surface area contributed by atoms with E-state index in [9.17, 15) is 9.59 Å². The highest BCUT2D eigenvalue weighted by molar-refractivity contribution is 7.12. The number of aryl methyl sites for hydroxylation is 1. The highest BCUT2D eigenvalue weighted by Crippen LogP contribution is 2.22. The Morgan fingerprint density at radius 2 is 1.83 bits per heavy atom. The number of amides is 2. The van der Waals surface area contributed by atoms with E-state index in [1.165, 1.54) is 24.2 Å². The van der Waals surface area contributed by atoms with Gasteiger partial charge in [0.25, 0.3) is 11.8 Å². The van der Waals surface area contributed by atoms with E-state index in [0.717, 1.165) is 18.4 Å². The SMILES string of the molecule is Cc1ccsc1C(=O)Nc1ccccc1C(=O)NC1CCCC1. The lowest BCUT2D eigenvalue weighted by molar-refractivity contribution is 0.0939. The third kappa shape index (κ3) is 3.62. The monoisotopic (exact) mass is 328 g/mol. The number of para-hydroxylation sites is 1. The van der Waals surface area contributed by atoms with Gasteiger partial charge >= 0.3 is 0 Å². The molecule has 0 radical (unpaired) electrons. The fraction of sp³-hybridized carbons (Fsp3) is 0.333. The number of hydrogen-bond donors (Lipinski definition) is 2. The van der Waals surface area contributed by atoms with Crippen LogP contribution in [0, 0.1) is 6.92 Å². The van der Waals surface area contributed by atoms with Crippen LogP contribution in [0.1, 0.15) is 51.3 Å². The Labute approximate surface area is 139 Å². The third-order valence-corrected chi connectivity index (χ3v) is 5.19. The standard InChI is InChI=1S/C18H20N2O2S/c1-12-10-11-23-16(12)18(22)20-15-9-5-4-8-14(15)17(21)19-13-6-2-3-7-13/h4-5,8-11,13H,2-3,6-7H2,1H3,(H,19,21)(H,20,22). The molecule has 2 aromatic rings. The highest BCUT2D eigenvalue weighted by Gasteiger charge is 2.20. The average Bonchev–Trinajstić information content (AvgIpc) is 3.19. The number of thiophene rings is 1. The lowest BCUT2D eigenvalue weighted by Gasteiger charge is -2.15. The van der Waals surface area contributed by atoms with Crippen LogP contribution in [0.15, 0.2) is 35.7 Å². The fourth-order valence-corrected chi connectivity index (χ4v) is 3.73. The van der Waals surface area contributed by atoms with Crippen LogP contribution in [0.3, 0.4) is 0 Å². The molecule has 0 saturated heterocycles. The maximum atomic E-state index is 12.5. The molecule has 0 spiro atoms. The van der Waals surface area contributed by atoms with Crippen LogP contribution >= 0.6 is 11.3 Å². The van der Waals surface area contributed by atoms with Crippen LogP contribution in [0.2, 0.25) is 0 Å². The normalized spacial score (nSPS) is 14.7. The molecule has 1 fully saturated rings. The molecule has 1 aromatic heterocycles. The van der Waals surface area contributed by atoms with E-state index in [1.807, 2.05) is 30.5 Å². The molecule has 23 heavy (non-hydrogen) atoms. The molecule has 1 aliphatic rings. The number of carbonyl (C=O) groups excluding carboxylic acids is 2. The van der Waals surface area contributed by atoms with E-state index in [2.05, 4.69) is 10.6 Å². The molecule has 1 aliphatic carbocycles. The second kappa shape index (κ2) is 6.96. The first-order valence-electron chi connectivity index (χ1n) is 7.90. The van der Waals surface area contributed by atoms with Gasteiger partial charge in [-0.3, -0.25) is 9.59 Å². The lowest BCUT2D eigenvalue weighted by atomic mass is 10.1. The van der Waals surface area contributed by atoms with Crippen molar-refractivity contribution >= 4 is 28.8 Å². The van der Waals surface area contributed by atoms with Crippen LogP contribution in [0.4, 0.5) is 5.69 Å². The van der Waals surface area contributed by atoms with Gasteiger partial charge < -0.3 is 10.6 Å². The summed E-state index contributed by atoms with van der Waals surface area (Å²) < 4.78 is 0. The molecule has 0 atom stereocenters. The fourth-order valence-electron chi connectivity index (χ4n) is 2.91. The Kier molecular flexibility index (Phi) is 4.76. The first-order chi connectivity index (χ1) is 11.1. The molecule has 3 rings (SSSR count). The predicted molar refractivity (Wildman–Crippen MR) is 93.2 cm³/mol. The van der Waals surface area contributed by atoms with Crippen molar-refractivity contribution < 1.29 is 9.59 Å². The molecular weight excluding hydrogens is 308 g/mol. The van der Waals surface area contributed by atoms with Gasteiger partial charge in [0, 0.05) is 6.04 Å². The maximum absolute atomic E-state index is 12.5. The van der Waals surface area contributed by atoms with Gasteiger partial charge in [0.15, 0.2) is 0 Å². The number of benzene rings is 1. The minimum absolute atomic E-state index is 0.115. The summed E-state index contributed by atoms with van der Waals surface area (Å²) in [5, 5.41) is 7.83. The van der Waals surface area contributed by atoms with Crippen molar-refractivity contribution in [3.8, 4) is 0 Å². The van der Waals surface area contributed by atoms with E-state index in [4.69, 9.17) is 0 Å². The molecule has 0 unspecified atom stereocenters. The van der Waals surface area contributed by atoms with Crippen molar-refractivity contribution in [2.24, 2.45) is 0 Å². The number of carbonyl (C=O) groups is 2. The quantitative estimate of drug-likeness (QED) is 0.892. The van der Waals surface area contributed by atoms with Crippen LogP contribution < -0.4 is 10.6 Å². The van der Waals surface area contributed by atoms with E-state index < -0.39 is 0 Å². The van der Waals surface area contributed by atoms with Crippen LogP contribution in [-0.4, -0.2) is 17.9 Å². The summed E-state index contributed by atoms with van der Waals surface area (Å²) in [6, 6.07) is 9.33. The van der Waals surface area contributed by atoms with E-state index in [1.54, 1.807) is 12.1 Å². The van der Waals surface area contributed by atoms with Crippen molar-refractivity contribution in [3.05, 3.63) is 51.7 Å². The zero-order chi connectivity index (χ0) is 16.2. The zero-order valence-electron chi connectivity index (χ0n) is 13.1. The second-order valence-electron chi connectivity index (χ2n) is 5.89. The van der Waals surface area contributed by atoms with Gasteiger partial charge in [0.1, 0.15) is 0 Å². The average molecular weight is 328 g/mol. The maximum Gasteiger partial charge on any atom is 0.266 e. The Bertz CT molecular complexity index is 717. The summed E-state index contributed by atoms with van der Waals surface area (Å²) in [7, 11) is 0. The summed E-state index contributed by atoms with van der Waals surface area (Å²) in [6.45, 7) is 1.91. The Balaban J connectivity index is 1.76. The summed E-state index contributed by atoms with van der Waals surface area (Å²) in [4.78, 5) is 25.6. The van der Waals surface area contributed by atoms with Crippen molar-refractivity contribution in [1.29, 1.82) is 0 Å². The van der Waals surface area contributed by atoms with Crippen LogP contribution in [0.25, 0.3) is 0 Å². The zero-order valence-corrected chi connectivity index (χ0v) is 13.9. The largest absolute Gasteiger partial charge is 0.349 e. The molecular formula is C18H20N2O2S. The molecule has 1 saturated carbocycles. The number of anilines is 1. The van der Waals surface area contributed by atoms with Crippen molar-refractivity contribution in [3.63, 3.8) is 0 Å². The van der Waals surface area contributed by atoms with Gasteiger partial charge in [0.05, 0.1) is 16.1 Å². The molecule has 2 amide bonds. The van der Waals surface area contributed by atoms with Crippen LogP contribution in [0.5, 0.6) is 0 Å². The molecule has 0 bridgehead atoms. The molecule has 2 N–H and O–H groups in total. The van der Waals surface area contributed by atoms with Crippen molar-refractivity contribution in [1.82, 2.24) is 5.32 Å². The minimum Gasteiger partial charge on any atom is -0.349 e. The molecule has 4 nitrogen and oxygen atoms in total. The van der Waals surface area contributed by atoms with Crippen molar-refractivity contribution in [2.75, 3.05) is 5.32 Å². The number of rotatable bonds is 4. The van der Waals surface area contributed by atoms with Crippen molar-refractivity contribution in [2.45, 2.75) is 38.6 Å². The van der Waals surface area contributed by atoms with E-state index in [0.29, 0.717) is 16.1 Å². The number of hydrogen-bond acceptors (Lipinski definition) is 3. The lowest BCUT2D eigenvalue weighted by Crippen LogP contribution is -2.33. The highest BCUT2D eigenvalue weighted by atomic mass is 32.1. The Morgan fingerprint density at radius 1 is 1.09 bits per heavy atom. The van der Waals surface area contributed by atoms with Gasteiger partial charge in [-0.05, 0) is 48.9 Å². The number of nitrogens with one attached hydrogen (secondary N) is 2. The predicted octanol–water partition coefficient (Wildman–Crippen LogP) is 3.98. The van der Waals surface area contributed by atoms with E-state index in [-0.39, 0.29) is 17.9 Å². The molecule has 120 valence electrons. The van der Waals surface area contributed by atoms with Crippen LogP contribution in [-0.2, 0) is 0 Å². The van der Waals surface area contributed by atoms with Gasteiger partial charge in [-0.2, -0.15) is 0 Å². The Hall–Kier alpha value is -2.14. The Morgan fingerprint density at radius 3 is 2.52 bits per heavy atom. The summed E-state index contributed by atoms with van der Waals surface area (Å²) >= 11 is 1.40.